The highest BCUT2D eigenvalue weighted by Gasteiger charge is 2.16. The second-order valence-corrected chi connectivity index (χ2v) is 4.82. The molecule has 1 heterocycles. The van der Waals surface area contributed by atoms with Gasteiger partial charge in [0.25, 0.3) is 0 Å². The predicted octanol–water partition coefficient (Wildman–Crippen LogP) is 3.77. The van der Waals surface area contributed by atoms with Crippen molar-refractivity contribution < 1.29 is 8.78 Å². The van der Waals surface area contributed by atoms with E-state index in [0.717, 1.165) is 37.7 Å². The molecule has 108 valence electrons. The summed E-state index contributed by atoms with van der Waals surface area (Å²) in [6.45, 7) is 4.87. The van der Waals surface area contributed by atoms with Crippen molar-refractivity contribution in [3.63, 3.8) is 0 Å². The quantitative estimate of drug-likeness (QED) is 0.905. The van der Waals surface area contributed by atoms with Gasteiger partial charge in [-0.15, -0.1) is 0 Å². The van der Waals surface area contributed by atoms with E-state index in [0.29, 0.717) is 17.1 Å². The van der Waals surface area contributed by atoms with Gasteiger partial charge in [-0.3, -0.25) is 0 Å². The van der Waals surface area contributed by atoms with Crippen LogP contribution < -0.4 is 5.73 Å². The fraction of sp³-hybridized carbons (Fsp3) is 0.400. The molecule has 0 unspecified atom stereocenters. The maximum Gasteiger partial charge on any atom is 0.131 e. The van der Waals surface area contributed by atoms with Gasteiger partial charge in [-0.25, -0.2) is 13.8 Å². The Balaban J connectivity index is 2.53. The van der Waals surface area contributed by atoms with Crippen LogP contribution in [0.1, 0.15) is 32.5 Å². The molecule has 0 saturated carbocycles. The minimum absolute atomic E-state index is 0.382. The number of halogens is 2. The molecule has 2 N–H and O–H groups in total. The van der Waals surface area contributed by atoms with E-state index in [1.807, 2.05) is 4.57 Å². The monoisotopic (exact) mass is 279 g/mol. The fourth-order valence-corrected chi connectivity index (χ4v) is 2.30. The number of benzene rings is 1. The zero-order valence-corrected chi connectivity index (χ0v) is 11.8. The van der Waals surface area contributed by atoms with Gasteiger partial charge in [-0.2, -0.15) is 0 Å². The second-order valence-electron chi connectivity index (χ2n) is 4.82. The van der Waals surface area contributed by atoms with E-state index >= 15 is 0 Å². The Morgan fingerprint density at radius 2 is 1.75 bits per heavy atom. The third-order valence-electron chi connectivity index (χ3n) is 3.14. The summed E-state index contributed by atoms with van der Waals surface area (Å²) < 4.78 is 28.6. The Morgan fingerprint density at radius 1 is 1.10 bits per heavy atom. The van der Waals surface area contributed by atoms with Gasteiger partial charge >= 0.3 is 0 Å². The van der Waals surface area contributed by atoms with E-state index in [4.69, 9.17) is 5.73 Å². The molecule has 0 spiro atoms. The molecule has 0 saturated heterocycles. The minimum Gasteiger partial charge on any atom is -0.383 e. The van der Waals surface area contributed by atoms with Crippen LogP contribution in [0.3, 0.4) is 0 Å². The van der Waals surface area contributed by atoms with Gasteiger partial charge in [0.1, 0.15) is 29.0 Å². The van der Waals surface area contributed by atoms with E-state index < -0.39 is 11.6 Å². The Bertz CT molecular complexity index is 585. The molecule has 0 amide bonds. The Hall–Kier alpha value is -1.91. The normalized spacial score (nSPS) is 11.0. The molecule has 0 aliphatic carbocycles. The summed E-state index contributed by atoms with van der Waals surface area (Å²) in [4.78, 5) is 4.48. The van der Waals surface area contributed by atoms with Crippen LogP contribution in [-0.4, -0.2) is 9.55 Å². The lowest BCUT2D eigenvalue weighted by Gasteiger charge is -2.07. The topological polar surface area (TPSA) is 43.8 Å². The van der Waals surface area contributed by atoms with Crippen molar-refractivity contribution in [1.82, 2.24) is 9.55 Å². The van der Waals surface area contributed by atoms with Crippen LogP contribution in [0.25, 0.3) is 11.3 Å². The summed E-state index contributed by atoms with van der Waals surface area (Å²) >= 11 is 0. The van der Waals surface area contributed by atoms with Crippen molar-refractivity contribution >= 4 is 5.82 Å². The SMILES string of the molecule is CCCc1nc(-c2cc(F)cc(F)c2)c(N)n1CCC. The van der Waals surface area contributed by atoms with Gasteiger partial charge in [-0.1, -0.05) is 13.8 Å². The lowest BCUT2D eigenvalue weighted by molar-refractivity contribution is 0.584. The number of imidazole rings is 1. The number of aryl methyl sites for hydroxylation is 1. The zero-order chi connectivity index (χ0) is 14.7. The maximum atomic E-state index is 13.3. The first-order valence-electron chi connectivity index (χ1n) is 6.88. The Labute approximate surface area is 117 Å². The molecule has 3 nitrogen and oxygen atoms in total. The number of hydrogen-bond acceptors (Lipinski definition) is 2. The van der Waals surface area contributed by atoms with Gasteiger partial charge in [0.15, 0.2) is 0 Å². The highest BCUT2D eigenvalue weighted by Crippen LogP contribution is 2.28. The molecule has 20 heavy (non-hydrogen) atoms. The Kier molecular flexibility index (Phi) is 4.37. The van der Waals surface area contributed by atoms with Crippen LogP contribution in [0.15, 0.2) is 18.2 Å². The number of aromatic nitrogens is 2. The number of nitrogen functional groups attached to an aromatic ring is 1. The van der Waals surface area contributed by atoms with Gasteiger partial charge in [-0.05, 0) is 25.0 Å². The summed E-state index contributed by atoms with van der Waals surface area (Å²) in [7, 11) is 0. The third kappa shape index (κ3) is 2.81. The van der Waals surface area contributed by atoms with E-state index in [1.54, 1.807) is 0 Å². The highest BCUT2D eigenvalue weighted by molar-refractivity contribution is 5.71. The summed E-state index contributed by atoms with van der Waals surface area (Å²) in [6, 6.07) is 3.36. The molecule has 5 heteroatoms. The summed E-state index contributed by atoms with van der Waals surface area (Å²) in [6.07, 6.45) is 2.66. The van der Waals surface area contributed by atoms with Gasteiger partial charge in [0.2, 0.25) is 0 Å². The van der Waals surface area contributed by atoms with E-state index in [2.05, 4.69) is 18.8 Å². The average molecular weight is 279 g/mol. The zero-order valence-electron chi connectivity index (χ0n) is 11.8. The average Bonchev–Trinajstić information content (AvgIpc) is 2.67. The van der Waals surface area contributed by atoms with Gasteiger partial charge in [0.05, 0.1) is 0 Å². The first-order valence-corrected chi connectivity index (χ1v) is 6.88. The van der Waals surface area contributed by atoms with Crippen molar-refractivity contribution in [2.45, 2.75) is 39.7 Å². The molecule has 0 aliphatic rings. The molecule has 2 aromatic rings. The maximum absolute atomic E-state index is 13.3. The third-order valence-corrected chi connectivity index (χ3v) is 3.14. The van der Waals surface area contributed by atoms with Crippen LogP contribution in [0.5, 0.6) is 0 Å². The smallest absolute Gasteiger partial charge is 0.131 e. The minimum atomic E-state index is -0.624. The van der Waals surface area contributed by atoms with Crippen LogP contribution in [0, 0.1) is 11.6 Å². The van der Waals surface area contributed by atoms with Crippen molar-refractivity contribution in [2.24, 2.45) is 0 Å². The molecule has 1 aromatic carbocycles. The van der Waals surface area contributed by atoms with Crippen LogP contribution in [-0.2, 0) is 13.0 Å². The van der Waals surface area contributed by atoms with Crippen molar-refractivity contribution in [2.75, 3.05) is 5.73 Å². The second kappa shape index (κ2) is 6.03. The predicted molar refractivity (Wildman–Crippen MR) is 76.3 cm³/mol. The standard InChI is InChI=1S/C15H19F2N3/c1-3-5-13-19-14(15(18)20(13)6-4-2)10-7-11(16)9-12(17)8-10/h7-9H,3-6,18H2,1-2H3. The number of anilines is 1. The van der Waals surface area contributed by atoms with Crippen molar-refractivity contribution in [1.29, 1.82) is 0 Å². The van der Waals surface area contributed by atoms with Crippen LogP contribution in [0.4, 0.5) is 14.6 Å². The molecule has 2 rings (SSSR count). The molecule has 0 atom stereocenters. The van der Waals surface area contributed by atoms with Crippen molar-refractivity contribution in [3.05, 3.63) is 35.7 Å². The molecule has 0 aliphatic heterocycles. The summed E-state index contributed by atoms with van der Waals surface area (Å²) in [5.41, 5.74) is 6.95. The first kappa shape index (κ1) is 14.5. The first-order chi connectivity index (χ1) is 9.56. The van der Waals surface area contributed by atoms with E-state index in [9.17, 15) is 8.78 Å². The van der Waals surface area contributed by atoms with Crippen molar-refractivity contribution in [3.8, 4) is 11.3 Å². The molecule has 0 fully saturated rings. The lowest BCUT2D eigenvalue weighted by Crippen LogP contribution is -2.06. The summed E-state index contributed by atoms with van der Waals surface area (Å²) in [5.74, 6) is 0.0924. The molecular formula is C15H19F2N3. The number of rotatable bonds is 5. The molecule has 1 aromatic heterocycles. The fourth-order valence-electron chi connectivity index (χ4n) is 2.30. The largest absolute Gasteiger partial charge is 0.383 e. The van der Waals surface area contributed by atoms with Gasteiger partial charge < -0.3 is 10.3 Å². The van der Waals surface area contributed by atoms with E-state index in [1.165, 1.54) is 12.1 Å². The van der Waals surface area contributed by atoms with Crippen LogP contribution in [0.2, 0.25) is 0 Å². The Morgan fingerprint density at radius 3 is 2.30 bits per heavy atom. The van der Waals surface area contributed by atoms with Crippen LogP contribution >= 0.6 is 0 Å². The lowest BCUT2D eigenvalue weighted by atomic mass is 10.1. The number of nitrogens with zero attached hydrogens (tertiary/aromatic N) is 2. The molecular weight excluding hydrogens is 260 g/mol. The highest BCUT2D eigenvalue weighted by atomic mass is 19.1. The summed E-state index contributed by atoms with van der Waals surface area (Å²) in [5, 5.41) is 0. The number of hydrogen-bond donors (Lipinski definition) is 1. The molecule has 0 bridgehead atoms. The number of nitrogens with two attached hydrogens (primary N) is 1. The van der Waals surface area contributed by atoms with E-state index in [-0.39, 0.29) is 0 Å². The molecule has 0 radical (unpaired) electrons. The van der Waals surface area contributed by atoms with Gasteiger partial charge in [0, 0.05) is 24.6 Å².